The lowest BCUT2D eigenvalue weighted by Gasteiger charge is -2.33. The summed E-state index contributed by atoms with van der Waals surface area (Å²) in [6.45, 7) is 6.55. The Morgan fingerprint density at radius 2 is 2.00 bits per heavy atom. The molecule has 2 aliphatic heterocycles. The Morgan fingerprint density at radius 3 is 2.77 bits per heavy atom. The maximum Gasteiger partial charge on any atom is 0.0931 e. The van der Waals surface area contributed by atoms with Crippen molar-refractivity contribution in [2.24, 2.45) is 0 Å². The van der Waals surface area contributed by atoms with Gasteiger partial charge in [0, 0.05) is 42.8 Å². The summed E-state index contributed by atoms with van der Waals surface area (Å²) < 4.78 is 5.42. The number of hydrogen-bond donors (Lipinski definition) is 1. The minimum Gasteiger partial charge on any atom is -0.387 e. The van der Waals surface area contributed by atoms with Gasteiger partial charge in [-0.05, 0) is 25.5 Å². The molecule has 2 saturated heterocycles. The SMILES string of the molecule is OC(CN1CCCC1CN1CCOCC1)c1ccccc1Cl. The zero-order valence-corrected chi connectivity index (χ0v) is 13.7. The number of aliphatic hydroxyl groups is 1. The van der Waals surface area contributed by atoms with Crippen molar-refractivity contribution in [3.8, 4) is 0 Å². The Labute approximate surface area is 137 Å². The summed E-state index contributed by atoms with van der Waals surface area (Å²) >= 11 is 6.20. The minimum atomic E-state index is -0.515. The first-order valence-electron chi connectivity index (χ1n) is 8.20. The summed E-state index contributed by atoms with van der Waals surface area (Å²) in [5.74, 6) is 0. The summed E-state index contributed by atoms with van der Waals surface area (Å²) in [5, 5.41) is 11.2. The van der Waals surface area contributed by atoms with Crippen LogP contribution in [0.1, 0.15) is 24.5 Å². The smallest absolute Gasteiger partial charge is 0.0931 e. The van der Waals surface area contributed by atoms with E-state index >= 15 is 0 Å². The number of halogens is 1. The molecule has 1 N–H and O–H groups in total. The quantitative estimate of drug-likeness (QED) is 0.900. The number of nitrogens with zero attached hydrogens (tertiary/aromatic N) is 2. The number of morpholine rings is 1. The molecule has 1 aromatic rings. The molecule has 2 aliphatic rings. The number of aliphatic hydroxyl groups excluding tert-OH is 1. The van der Waals surface area contributed by atoms with Crippen LogP contribution in [0, 0.1) is 0 Å². The lowest BCUT2D eigenvalue weighted by molar-refractivity contribution is 0.0219. The molecule has 3 rings (SSSR count). The van der Waals surface area contributed by atoms with E-state index in [4.69, 9.17) is 16.3 Å². The largest absolute Gasteiger partial charge is 0.387 e. The van der Waals surface area contributed by atoms with Gasteiger partial charge in [-0.15, -0.1) is 0 Å². The van der Waals surface area contributed by atoms with Crippen LogP contribution in [0.2, 0.25) is 5.02 Å². The van der Waals surface area contributed by atoms with Crippen LogP contribution in [0.3, 0.4) is 0 Å². The number of benzene rings is 1. The normalized spacial score (nSPS) is 25.5. The van der Waals surface area contributed by atoms with Crippen LogP contribution < -0.4 is 0 Å². The molecule has 122 valence electrons. The third-order valence-electron chi connectivity index (χ3n) is 4.74. The molecule has 22 heavy (non-hydrogen) atoms. The van der Waals surface area contributed by atoms with E-state index in [9.17, 15) is 5.11 Å². The number of likely N-dealkylation sites (tertiary alicyclic amines) is 1. The van der Waals surface area contributed by atoms with Gasteiger partial charge in [-0.25, -0.2) is 0 Å². The van der Waals surface area contributed by atoms with Gasteiger partial charge in [-0.3, -0.25) is 9.80 Å². The zero-order chi connectivity index (χ0) is 15.4. The van der Waals surface area contributed by atoms with Gasteiger partial charge in [-0.2, -0.15) is 0 Å². The maximum absolute atomic E-state index is 10.5. The molecule has 2 atom stereocenters. The fourth-order valence-corrected chi connectivity index (χ4v) is 3.75. The van der Waals surface area contributed by atoms with E-state index in [1.807, 2.05) is 24.3 Å². The Bertz CT molecular complexity index is 479. The number of ether oxygens (including phenoxy) is 1. The highest BCUT2D eigenvalue weighted by molar-refractivity contribution is 6.31. The van der Waals surface area contributed by atoms with E-state index in [1.54, 1.807) is 0 Å². The lowest BCUT2D eigenvalue weighted by atomic mass is 10.1. The average molecular weight is 325 g/mol. The third-order valence-corrected chi connectivity index (χ3v) is 5.09. The van der Waals surface area contributed by atoms with Crippen molar-refractivity contribution in [3.63, 3.8) is 0 Å². The molecular formula is C17H25ClN2O2. The molecule has 0 radical (unpaired) electrons. The molecule has 5 heteroatoms. The first-order valence-corrected chi connectivity index (χ1v) is 8.58. The molecule has 0 saturated carbocycles. The van der Waals surface area contributed by atoms with Gasteiger partial charge in [0.25, 0.3) is 0 Å². The minimum absolute atomic E-state index is 0.515. The monoisotopic (exact) mass is 324 g/mol. The van der Waals surface area contributed by atoms with Gasteiger partial charge in [0.05, 0.1) is 19.3 Å². The van der Waals surface area contributed by atoms with Gasteiger partial charge in [-0.1, -0.05) is 29.8 Å². The average Bonchev–Trinajstić information content (AvgIpc) is 2.95. The molecule has 0 bridgehead atoms. The molecule has 2 heterocycles. The Hall–Kier alpha value is -0.650. The maximum atomic E-state index is 10.5. The molecule has 0 aliphatic carbocycles. The first kappa shape index (κ1) is 16.2. The second kappa shape index (κ2) is 7.75. The predicted octanol–water partition coefficient (Wildman–Crippen LogP) is 2.17. The first-order chi connectivity index (χ1) is 10.7. The number of hydrogen-bond acceptors (Lipinski definition) is 4. The third kappa shape index (κ3) is 4.00. The topological polar surface area (TPSA) is 35.9 Å². The zero-order valence-electron chi connectivity index (χ0n) is 13.0. The highest BCUT2D eigenvalue weighted by Gasteiger charge is 2.29. The van der Waals surface area contributed by atoms with Crippen molar-refractivity contribution < 1.29 is 9.84 Å². The molecule has 4 nitrogen and oxygen atoms in total. The molecular weight excluding hydrogens is 300 g/mol. The molecule has 0 amide bonds. The van der Waals surface area contributed by atoms with Gasteiger partial charge in [0.15, 0.2) is 0 Å². The Morgan fingerprint density at radius 1 is 1.23 bits per heavy atom. The standard InChI is InChI=1S/C17H25ClN2O2/c18-16-6-2-1-5-15(16)17(21)13-20-7-3-4-14(20)12-19-8-10-22-11-9-19/h1-2,5-6,14,17,21H,3-4,7-13H2. The number of rotatable bonds is 5. The number of β-amino-alcohol motifs (C(OH)–C–C–N with tert-alkyl or cyclic N) is 1. The van der Waals surface area contributed by atoms with Crippen molar-refractivity contribution in [2.45, 2.75) is 25.0 Å². The Kier molecular flexibility index (Phi) is 5.71. The van der Waals surface area contributed by atoms with Gasteiger partial charge >= 0.3 is 0 Å². The van der Waals surface area contributed by atoms with Crippen molar-refractivity contribution in [2.75, 3.05) is 45.9 Å². The second-order valence-electron chi connectivity index (χ2n) is 6.24. The highest BCUT2D eigenvalue weighted by atomic mass is 35.5. The predicted molar refractivity (Wildman–Crippen MR) is 88.3 cm³/mol. The lowest BCUT2D eigenvalue weighted by Crippen LogP contribution is -2.45. The summed E-state index contributed by atoms with van der Waals surface area (Å²) in [7, 11) is 0. The molecule has 0 spiro atoms. The van der Waals surface area contributed by atoms with E-state index in [0.717, 1.165) is 45.0 Å². The van der Waals surface area contributed by atoms with Crippen molar-refractivity contribution in [1.82, 2.24) is 9.80 Å². The summed E-state index contributed by atoms with van der Waals surface area (Å²) in [6, 6.07) is 8.13. The van der Waals surface area contributed by atoms with Crippen LogP contribution in [0.15, 0.2) is 24.3 Å². The Balaban J connectivity index is 1.57. The second-order valence-corrected chi connectivity index (χ2v) is 6.65. The molecule has 1 aromatic carbocycles. The van der Waals surface area contributed by atoms with Crippen molar-refractivity contribution in [3.05, 3.63) is 34.9 Å². The van der Waals surface area contributed by atoms with Gasteiger partial charge < -0.3 is 9.84 Å². The highest BCUT2D eigenvalue weighted by Crippen LogP contribution is 2.26. The fourth-order valence-electron chi connectivity index (χ4n) is 3.49. The van der Waals surface area contributed by atoms with Crippen LogP contribution in [0.25, 0.3) is 0 Å². The van der Waals surface area contributed by atoms with Crippen molar-refractivity contribution in [1.29, 1.82) is 0 Å². The van der Waals surface area contributed by atoms with Gasteiger partial charge in [0.2, 0.25) is 0 Å². The van der Waals surface area contributed by atoms with Crippen molar-refractivity contribution >= 4 is 11.6 Å². The van der Waals surface area contributed by atoms with E-state index in [1.165, 1.54) is 12.8 Å². The summed E-state index contributed by atoms with van der Waals surface area (Å²) in [6.07, 6.45) is 1.91. The van der Waals surface area contributed by atoms with Crippen LogP contribution in [0.4, 0.5) is 0 Å². The van der Waals surface area contributed by atoms with Crippen LogP contribution in [-0.4, -0.2) is 66.9 Å². The van der Waals surface area contributed by atoms with Crippen LogP contribution in [-0.2, 0) is 4.74 Å². The summed E-state index contributed by atoms with van der Waals surface area (Å²) in [5.41, 5.74) is 0.834. The summed E-state index contributed by atoms with van der Waals surface area (Å²) in [4.78, 5) is 4.90. The van der Waals surface area contributed by atoms with E-state index in [-0.39, 0.29) is 0 Å². The van der Waals surface area contributed by atoms with E-state index in [2.05, 4.69) is 9.80 Å². The van der Waals surface area contributed by atoms with Gasteiger partial charge in [0.1, 0.15) is 0 Å². The van der Waals surface area contributed by atoms with E-state index < -0.39 is 6.10 Å². The molecule has 0 aromatic heterocycles. The fraction of sp³-hybridized carbons (Fsp3) is 0.647. The van der Waals surface area contributed by atoms with Crippen LogP contribution >= 0.6 is 11.6 Å². The van der Waals surface area contributed by atoms with E-state index in [0.29, 0.717) is 17.6 Å². The van der Waals surface area contributed by atoms with Crippen LogP contribution in [0.5, 0.6) is 0 Å². The molecule has 2 unspecified atom stereocenters. The molecule has 2 fully saturated rings.